The molecule has 0 amide bonds. The van der Waals surface area contributed by atoms with Crippen LogP contribution in [0.5, 0.6) is 0 Å². The maximum absolute atomic E-state index is 3.65. The van der Waals surface area contributed by atoms with Crippen LogP contribution in [-0.4, -0.2) is 30.6 Å². The van der Waals surface area contributed by atoms with E-state index in [2.05, 4.69) is 83.0 Å². The van der Waals surface area contributed by atoms with Crippen LogP contribution in [-0.2, 0) is 0 Å². The van der Waals surface area contributed by atoms with E-state index in [4.69, 9.17) is 0 Å². The standard InChI is InChI=1S/C20H24N2/c1-3-9-18(10-4-1)11-7-15-22-16-8-14-20(17-22)21-19-12-5-2-6-13-19/h1-7,9-13,20-21H,8,14-17H2/b11-7+/t20-/m0/s1. The highest BCUT2D eigenvalue weighted by Gasteiger charge is 2.18. The zero-order chi connectivity index (χ0) is 15.0. The minimum absolute atomic E-state index is 0.557. The van der Waals surface area contributed by atoms with Crippen LogP contribution in [0.4, 0.5) is 5.69 Å². The summed E-state index contributed by atoms with van der Waals surface area (Å²) in [5.74, 6) is 0. The maximum atomic E-state index is 3.65. The van der Waals surface area contributed by atoms with Crippen molar-refractivity contribution in [3.8, 4) is 0 Å². The van der Waals surface area contributed by atoms with Gasteiger partial charge in [0.1, 0.15) is 0 Å². The van der Waals surface area contributed by atoms with Gasteiger partial charge in [-0.15, -0.1) is 0 Å². The second kappa shape index (κ2) is 7.81. The molecule has 0 spiro atoms. The van der Waals surface area contributed by atoms with E-state index in [-0.39, 0.29) is 0 Å². The van der Waals surface area contributed by atoms with E-state index in [0.717, 1.165) is 13.1 Å². The molecule has 2 heteroatoms. The van der Waals surface area contributed by atoms with Crippen molar-refractivity contribution in [3.05, 3.63) is 72.3 Å². The Morgan fingerprint density at radius 1 is 1.00 bits per heavy atom. The lowest BCUT2D eigenvalue weighted by atomic mass is 10.1. The summed E-state index contributed by atoms with van der Waals surface area (Å²) in [5.41, 5.74) is 2.51. The molecule has 2 nitrogen and oxygen atoms in total. The molecule has 114 valence electrons. The topological polar surface area (TPSA) is 15.3 Å². The number of rotatable bonds is 5. The van der Waals surface area contributed by atoms with Gasteiger partial charge in [-0.3, -0.25) is 4.90 Å². The quantitative estimate of drug-likeness (QED) is 0.885. The molecule has 2 aromatic rings. The van der Waals surface area contributed by atoms with Gasteiger partial charge < -0.3 is 5.32 Å². The molecule has 1 heterocycles. The maximum Gasteiger partial charge on any atom is 0.0389 e. The summed E-state index contributed by atoms with van der Waals surface area (Å²) in [6.07, 6.45) is 7.02. The Morgan fingerprint density at radius 3 is 2.50 bits per heavy atom. The number of benzene rings is 2. The van der Waals surface area contributed by atoms with Gasteiger partial charge in [-0.2, -0.15) is 0 Å². The molecule has 2 aromatic carbocycles. The molecule has 1 aliphatic heterocycles. The third-order valence-electron chi connectivity index (χ3n) is 4.12. The third kappa shape index (κ3) is 4.47. The first-order chi connectivity index (χ1) is 10.9. The van der Waals surface area contributed by atoms with Crippen molar-refractivity contribution in [2.75, 3.05) is 25.0 Å². The molecular weight excluding hydrogens is 268 g/mol. The number of hydrogen-bond acceptors (Lipinski definition) is 2. The third-order valence-corrected chi connectivity index (χ3v) is 4.12. The van der Waals surface area contributed by atoms with Crippen molar-refractivity contribution < 1.29 is 0 Å². The summed E-state index contributed by atoms with van der Waals surface area (Å²) >= 11 is 0. The van der Waals surface area contributed by atoms with Crippen molar-refractivity contribution in [2.24, 2.45) is 0 Å². The zero-order valence-electron chi connectivity index (χ0n) is 13.0. The first kappa shape index (κ1) is 14.9. The first-order valence-corrected chi connectivity index (χ1v) is 8.16. The Kier molecular flexibility index (Phi) is 5.27. The Labute approximate surface area is 133 Å². The highest BCUT2D eigenvalue weighted by atomic mass is 15.2. The van der Waals surface area contributed by atoms with Crippen LogP contribution in [0.2, 0.25) is 0 Å². The Hall–Kier alpha value is -2.06. The number of para-hydroxylation sites is 1. The van der Waals surface area contributed by atoms with Crippen molar-refractivity contribution in [1.29, 1.82) is 0 Å². The van der Waals surface area contributed by atoms with Gasteiger partial charge in [0.15, 0.2) is 0 Å². The van der Waals surface area contributed by atoms with Crippen LogP contribution in [0.3, 0.4) is 0 Å². The Balaban J connectivity index is 1.49. The van der Waals surface area contributed by atoms with E-state index in [1.807, 2.05) is 0 Å². The first-order valence-electron chi connectivity index (χ1n) is 8.16. The lowest BCUT2D eigenvalue weighted by molar-refractivity contribution is 0.237. The Morgan fingerprint density at radius 2 is 1.73 bits per heavy atom. The fraction of sp³-hybridized carbons (Fsp3) is 0.300. The van der Waals surface area contributed by atoms with Crippen molar-refractivity contribution in [3.63, 3.8) is 0 Å². The predicted molar refractivity (Wildman–Crippen MR) is 95.0 cm³/mol. The van der Waals surface area contributed by atoms with E-state index < -0.39 is 0 Å². The van der Waals surface area contributed by atoms with E-state index in [0.29, 0.717) is 6.04 Å². The molecule has 1 N–H and O–H groups in total. The lowest BCUT2D eigenvalue weighted by Crippen LogP contribution is -2.42. The van der Waals surface area contributed by atoms with Crippen LogP contribution < -0.4 is 5.32 Å². The number of nitrogens with one attached hydrogen (secondary N) is 1. The Bertz CT molecular complexity index is 577. The smallest absolute Gasteiger partial charge is 0.0389 e. The molecule has 22 heavy (non-hydrogen) atoms. The normalized spacial score (nSPS) is 19.4. The second-order valence-electron chi connectivity index (χ2n) is 5.92. The summed E-state index contributed by atoms with van der Waals surface area (Å²) in [6.45, 7) is 3.35. The fourth-order valence-corrected chi connectivity index (χ4v) is 3.01. The van der Waals surface area contributed by atoms with Gasteiger partial charge in [-0.05, 0) is 37.1 Å². The molecule has 0 unspecified atom stereocenters. The van der Waals surface area contributed by atoms with Crippen molar-refractivity contribution in [1.82, 2.24) is 4.90 Å². The number of anilines is 1. The number of nitrogens with zero attached hydrogens (tertiary/aromatic N) is 1. The van der Waals surface area contributed by atoms with Gasteiger partial charge in [0, 0.05) is 24.8 Å². The molecule has 1 atom stereocenters. The van der Waals surface area contributed by atoms with Crippen molar-refractivity contribution >= 4 is 11.8 Å². The summed E-state index contributed by atoms with van der Waals surface area (Å²) in [5, 5.41) is 3.65. The summed E-state index contributed by atoms with van der Waals surface area (Å²) in [6, 6.07) is 21.6. The minimum atomic E-state index is 0.557. The van der Waals surface area contributed by atoms with Crippen LogP contribution in [0, 0.1) is 0 Å². The molecule has 1 aliphatic rings. The summed E-state index contributed by atoms with van der Waals surface area (Å²) in [7, 11) is 0. The van der Waals surface area contributed by atoms with Gasteiger partial charge in [-0.1, -0.05) is 60.7 Å². The van der Waals surface area contributed by atoms with Crippen LogP contribution in [0.15, 0.2) is 66.7 Å². The van der Waals surface area contributed by atoms with Gasteiger partial charge in [0.2, 0.25) is 0 Å². The number of hydrogen-bond donors (Lipinski definition) is 1. The average Bonchev–Trinajstić information content (AvgIpc) is 2.57. The average molecular weight is 292 g/mol. The van der Waals surface area contributed by atoms with Gasteiger partial charge in [0.05, 0.1) is 0 Å². The number of piperidine rings is 1. The lowest BCUT2D eigenvalue weighted by Gasteiger charge is -2.33. The summed E-state index contributed by atoms with van der Waals surface area (Å²) in [4.78, 5) is 2.53. The SMILES string of the molecule is C(=C\c1ccccc1)/CN1CCC[C@H](Nc2ccccc2)C1. The summed E-state index contributed by atoms with van der Waals surface area (Å²) < 4.78 is 0. The van der Waals surface area contributed by atoms with Crippen LogP contribution in [0.1, 0.15) is 18.4 Å². The van der Waals surface area contributed by atoms with Gasteiger partial charge in [-0.25, -0.2) is 0 Å². The van der Waals surface area contributed by atoms with Gasteiger partial charge >= 0.3 is 0 Å². The molecule has 0 aliphatic carbocycles. The van der Waals surface area contributed by atoms with E-state index in [1.54, 1.807) is 0 Å². The molecule has 0 radical (unpaired) electrons. The minimum Gasteiger partial charge on any atom is -0.381 e. The fourth-order valence-electron chi connectivity index (χ4n) is 3.01. The number of likely N-dealkylation sites (tertiary alicyclic amines) is 1. The van der Waals surface area contributed by atoms with E-state index in [9.17, 15) is 0 Å². The van der Waals surface area contributed by atoms with Gasteiger partial charge in [0.25, 0.3) is 0 Å². The van der Waals surface area contributed by atoms with Crippen LogP contribution >= 0.6 is 0 Å². The molecule has 3 rings (SSSR count). The van der Waals surface area contributed by atoms with E-state index >= 15 is 0 Å². The molecule has 0 aromatic heterocycles. The van der Waals surface area contributed by atoms with Crippen molar-refractivity contribution in [2.45, 2.75) is 18.9 Å². The largest absolute Gasteiger partial charge is 0.381 e. The highest BCUT2D eigenvalue weighted by molar-refractivity contribution is 5.48. The molecule has 0 bridgehead atoms. The monoisotopic (exact) mass is 292 g/mol. The highest BCUT2D eigenvalue weighted by Crippen LogP contribution is 2.16. The second-order valence-corrected chi connectivity index (χ2v) is 5.92. The molecular formula is C20H24N2. The van der Waals surface area contributed by atoms with E-state index in [1.165, 1.54) is 30.6 Å². The zero-order valence-corrected chi connectivity index (χ0v) is 13.0. The molecule has 0 saturated carbocycles. The van der Waals surface area contributed by atoms with Crippen LogP contribution in [0.25, 0.3) is 6.08 Å². The predicted octanol–water partition coefficient (Wildman–Crippen LogP) is 4.28. The molecule has 1 fully saturated rings. The molecule has 1 saturated heterocycles.